The van der Waals surface area contributed by atoms with Crippen molar-refractivity contribution in [2.45, 2.75) is 52.7 Å². The Morgan fingerprint density at radius 1 is 0.370 bits per heavy atom. The molecule has 2 aliphatic rings. The fourth-order valence-corrected chi connectivity index (χ4v) is 8.54. The Morgan fingerprint density at radius 3 is 0.975 bits per heavy atom. The summed E-state index contributed by atoms with van der Waals surface area (Å²) in [6.45, 7) is 18.4. The van der Waals surface area contributed by atoms with E-state index >= 15 is 0 Å². The van der Waals surface area contributed by atoms with Crippen molar-refractivity contribution in [3.05, 3.63) is 82.9 Å². The maximum Gasteiger partial charge on any atom is 0.407 e. The molecule has 0 bridgehead atoms. The molecule has 0 unspecified atom stereocenters. The van der Waals surface area contributed by atoms with E-state index in [1.165, 1.54) is 9.80 Å². The van der Waals surface area contributed by atoms with E-state index in [4.69, 9.17) is 52.1 Å². The number of carbonyl (C=O) groups is 6. The van der Waals surface area contributed by atoms with Crippen LogP contribution >= 0.6 is 0 Å². The van der Waals surface area contributed by atoms with E-state index in [1.807, 2.05) is 24.3 Å². The number of benzene rings is 4. The average molecular weight is 1130 g/mol. The first-order chi connectivity index (χ1) is 39.0. The Balaban J connectivity index is 0.777. The molecule has 23 nitrogen and oxygen atoms in total. The summed E-state index contributed by atoms with van der Waals surface area (Å²) in [5, 5.41) is 14.8. The average Bonchev–Trinajstić information content (AvgIpc) is 3.61. The van der Waals surface area contributed by atoms with Crippen LogP contribution in [-0.2, 0) is 52.1 Å². The molecule has 2 aliphatic heterocycles. The van der Waals surface area contributed by atoms with Gasteiger partial charge < -0.3 is 73.4 Å². The van der Waals surface area contributed by atoms with E-state index < -0.39 is 23.4 Å². The fourth-order valence-electron chi connectivity index (χ4n) is 8.54. The zero-order valence-electron chi connectivity index (χ0n) is 47.6. The molecule has 0 atom stereocenters. The number of ether oxygens (including phenoxy) is 11. The van der Waals surface area contributed by atoms with Crippen LogP contribution in [0.15, 0.2) is 60.7 Å². The summed E-state index contributed by atoms with van der Waals surface area (Å²) < 4.78 is 60.9. The summed E-state index contributed by atoms with van der Waals surface area (Å²) >= 11 is 0. The number of carbonyl (C=O) groups excluding carboxylic acids is 6. The van der Waals surface area contributed by atoms with Crippen LogP contribution < -0.4 is 21.3 Å². The molecular formula is C58H80N6O17. The van der Waals surface area contributed by atoms with Crippen LogP contribution in [0.5, 0.6) is 0 Å². The summed E-state index contributed by atoms with van der Waals surface area (Å²) in [7, 11) is 0. The van der Waals surface area contributed by atoms with Crippen LogP contribution in [0, 0.1) is 0 Å². The zero-order chi connectivity index (χ0) is 58.0. The molecule has 4 aromatic rings. The summed E-state index contributed by atoms with van der Waals surface area (Å²) in [5.74, 6) is -1.50. The first-order valence-corrected chi connectivity index (χ1v) is 27.5. The van der Waals surface area contributed by atoms with Gasteiger partial charge in [-0.15, -0.1) is 0 Å². The van der Waals surface area contributed by atoms with Crippen molar-refractivity contribution in [1.82, 2.24) is 20.4 Å². The van der Waals surface area contributed by atoms with Gasteiger partial charge >= 0.3 is 12.2 Å². The van der Waals surface area contributed by atoms with E-state index in [-0.39, 0.29) is 63.1 Å². The highest BCUT2D eigenvalue weighted by atomic mass is 16.6. The third kappa shape index (κ3) is 20.4. The van der Waals surface area contributed by atoms with E-state index in [2.05, 4.69) is 21.3 Å². The van der Waals surface area contributed by atoms with Gasteiger partial charge in [-0.2, -0.15) is 0 Å². The lowest BCUT2D eigenvalue weighted by atomic mass is 9.93. The minimum absolute atomic E-state index is 0.0959. The normalized spacial score (nSPS) is 13.4. The summed E-state index contributed by atoms with van der Waals surface area (Å²) in [6, 6.07) is 18.0. The Labute approximate surface area is 473 Å². The number of nitrogens with zero attached hydrogens (tertiary/aromatic N) is 2. The monoisotopic (exact) mass is 1130 g/mol. The first-order valence-electron chi connectivity index (χ1n) is 27.5. The molecule has 23 heteroatoms. The maximum absolute atomic E-state index is 13.5. The topological polar surface area (TPSA) is 259 Å². The molecule has 0 spiro atoms. The molecule has 6 rings (SSSR count). The number of anilines is 2. The first kappa shape index (κ1) is 63.6. The third-order valence-corrected chi connectivity index (χ3v) is 12.1. The third-order valence-electron chi connectivity index (χ3n) is 12.1. The lowest BCUT2D eigenvalue weighted by Crippen LogP contribution is -2.42. The Bertz CT molecular complexity index is 2480. The highest BCUT2D eigenvalue weighted by Gasteiger charge is 2.34. The number of nitrogens with one attached hydrogen (secondary N) is 4. The predicted octanol–water partition coefficient (Wildman–Crippen LogP) is 5.91. The molecule has 0 radical (unpaired) electrons. The van der Waals surface area contributed by atoms with Crippen molar-refractivity contribution in [1.29, 1.82) is 0 Å². The van der Waals surface area contributed by atoms with Gasteiger partial charge in [-0.3, -0.25) is 29.0 Å². The van der Waals surface area contributed by atoms with Gasteiger partial charge in [0.1, 0.15) is 11.2 Å². The SMILES string of the molecule is CC(C)(C)OC(=O)NCCOCCOCCOCCN1C(=O)c2cccc3c(NCCOCCOCCOCCNc4ccc5c6c(cccc46)C(=O)N(CCOCCOCCOCCNC(=O)OC(C)(C)C)C5=O)ccc(c23)C1=O. The molecule has 0 saturated heterocycles. The van der Waals surface area contributed by atoms with Crippen molar-refractivity contribution in [3.8, 4) is 0 Å². The van der Waals surface area contributed by atoms with E-state index in [0.29, 0.717) is 152 Å². The predicted molar refractivity (Wildman–Crippen MR) is 301 cm³/mol. The molecule has 0 aromatic heterocycles. The molecule has 0 aliphatic carbocycles. The molecule has 0 fully saturated rings. The van der Waals surface area contributed by atoms with Gasteiger partial charge in [-0.05, 0) is 77.9 Å². The van der Waals surface area contributed by atoms with Gasteiger partial charge in [0.25, 0.3) is 23.6 Å². The molecule has 0 saturated carbocycles. The van der Waals surface area contributed by atoms with Gasteiger partial charge in [0.2, 0.25) is 0 Å². The van der Waals surface area contributed by atoms with Crippen LogP contribution in [0.3, 0.4) is 0 Å². The van der Waals surface area contributed by atoms with Crippen molar-refractivity contribution in [2.24, 2.45) is 0 Å². The van der Waals surface area contributed by atoms with Crippen molar-refractivity contribution in [2.75, 3.05) is 169 Å². The van der Waals surface area contributed by atoms with Gasteiger partial charge in [0.05, 0.1) is 132 Å². The molecule has 4 aromatic carbocycles. The minimum atomic E-state index is -0.563. The Morgan fingerprint density at radius 2 is 0.654 bits per heavy atom. The standard InChI is InChI=1S/C58H80N6O17/c1-57(2,3)80-55(69)61-19-25-73-31-37-78-39-33-75-27-21-63-51(65)43-11-7-9-41-47(15-13-45(49(41)43)53(63)67)59-17-23-71-29-35-77-36-30-72-24-18-60-48-16-14-46-50-42(48)10-8-12-44(50)52(66)64(54(46)68)22-28-76-34-40-79-38-32-74-26-20-62-56(70)81-58(4,5)6/h7-16,59-60H,17-40H2,1-6H3,(H,61,69)(H,62,70). The largest absolute Gasteiger partial charge is 0.444 e. The van der Waals surface area contributed by atoms with E-state index in [0.717, 1.165) is 22.1 Å². The molecular weight excluding hydrogens is 1050 g/mol. The second-order valence-electron chi connectivity index (χ2n) is 20.5. The van der Waals surface area contributed by atoms with Crippen LogP contribution in [-0.4, -0.2) is 215 Å². The Kier molecular flexibility index (Phi) is 25.8. The highest BCUT2D eigenvalue weighted by Crippen LogP contribution is 2.36. The Hall–Kier alpha value is -6.54. The smallest absolute Gasteiger partial charge is 0.407 e. The fraction of sp³-hybridized carbons (Fsp3) is 0.552. The molecule has 4 N–H and O–H groups in total. The number of hydrogen-bond donors (Lipinski definition) is 4. The summed E-state index contributed by atoms with van der Waals surface area (Å²) in [4.78, 5) is 79.9. The number of hydrogen-bond acceptors (Lipinski definition) is 19. The summed E-state index contributed by atoms with van der Waals surface area (Å²) in [5.41, 5.74) is 2.24. The van der Waals surface area contributed by atoms with Crippen molar-refractivity contribution in [3.63, 3.8) is 0 Å². The number of imide groups is 2. The lowest BCUT2D eigenvalue weighted by molar-refractivity contribution is 0.0103. The quantitative estimate of drug-likeness (QED) is 0.0300. The van der Waals surface area contributed by atoms with E-state index in [9.17, 15) is 28.8 Å². The lowest BCUT2D eigenvalue weighted by Gasteiger charge is -2.27. The van der Waals surface area contributed by atoms with Crippen molar-refractivity contribution >= 4 is 68.7 Å². The van der Waals surface area contributed by atoms with Crippen molar-refractivity contribution < 1.29 is 80.9 Å². The maximum atomic E-state index is 13.5. The van der Waals surface area contributed by atoms with Crippen LogP contribution in [0.4, 0.5) is 21.0 Å². The molecule has 6 amide bonds. The van der Waals surface area contributed by atoms with Gasteiger partial charge in [-0.25, -0.2) is 9.59 Å². The number of amides is 6. The second-order valence-corrected chi connectivity index (χ2v) is 20.5. The molecule has 2 heterocycles. The van der Waals surface area contributed by atoms with E-state index in [1.54, 1.807) is 77.9 Å². The van der Waals surface area contributed by atoms with Gasteiger partial charge in [0, 0.05) is 81.4 Å². The van der Waals surface area contributed by atoms with Crippen LogP contribution in [0.2, 0.25) is 0 Å². The van der Waals surface area contributed by atoms with Crippen LogP contribution in [0.1, 0.15) is 83.0 Å². The molecule has 444 valence electrons. The minimum Gasteiger partial charge on any atom is -0.444 e. The number of rotatable bonds is 38. The highest BCUT2D eigenvalue weighted by molar-refractivity contribution is 6.27. The molecule has 81 heavy (non-hydrogen) atoms. The van der Waals surface area contributed by atoms with Gasteiger partial charge in [0.15, 0.2) is 0 Å². The van der Waals surface area contributed by atoms with Crippen LogP contribution in [0.25, 0.3) is 21.5 Å². The number of alkyl carbamates (subject to hydrolysis) is 2. The zero-order valence-corrected chi connectivity index (χ0v) is 47.6. The second kappa shape index (κ2) is 32.8. The summed E-state index contributed by atoms with van der Waals surface area (Å²) in [6.07, 6.45) is -0.992. The van der Waals surface area contributed by atoms with Gasteiger partial charge in [-0.1, -0.05) is 24.3 Å².